The molecule has 0 radical (unpaired) electrons. The van der Waals surface area contributed by atoms with Crippen LogP contribution in [0.1, 0.15) is 39.4 Å². The van der Waals surface area contributed by atoms with Crippen molar-refractivity contribution in [1.82, 2.24) is 0 Å². The van der Waals surface area contributed by atoms with E-state index in [0.717, 1.165) is 24.0 Å². The Kier molecular flexibility index (Phi) is 3.66. The van der Waals surface area contributed by atoms with Crippen LogP contribution in [0, 0.1) is 0 Å². The second-order valence-electron chi connectivity index (χ2n) is 5.42. The fraction of sp³-hybridized carbons (Fsp3) is 0.278. The number of hydrogen-bond donors (Lipinski definition) is 1. The van der Waals surface area contributed by atoms with Gasteiger partial charge in [-0.3, -0.25) is 4.79 Å². The molecule has 2 heteroatoms. The van der Waals surface area contributed by atoms with E-state index in [1.807, 2.05) is 24.3 Å². The number of Topliss-reactive ketones (excluding diaryl/α,β-unsaturated/α-hetero) is 1. The third kappa shape index (κ3) is 2.39. The Bertz CT molecular complexity index is 633. The van der Waals surface area contributed by atoms with Gasteiger partial charge in [0, 0.05) is 12.0 Å². The summed E-state index contributed by atoms with van der Waals surface area (Å²) in [7, 11) is 0. The van der Waals surface area contributed by atoms with Crippen molar-refractivity contribution >= 4 is 5.78 Å². The van der Waals surface area contributed by atoms with Crippen LogP contribution in [-0.2, 0) is 12.8 Å². The fourth-order valence-electron chi connectivity index (χ4n) is 3.04. The molecule has 102 valence electrons. The molecule has 1 aliphatic rings. The second-order valence-corrected chi connectivity index (χ2v) is 5.42. The Morgan fingerprint density at radius 2 is 1.85 bits per heavy atom. The lowest BCUT2D eigenvalue weighted by Gasteiger charge is -2.29. The van der Waals surface area contributed by atoms with Crippen molar-refractivity contribution in [3.05, 3.63) is 70.8 Å². The smallest absolute Gasteiger partial charge is 0.163 e. The number of carbonyl (C=O) groups excluding carboxylic acids is 1. The molecule has 2 N–H and O–H groups in total. The van der Waals surface area contributed by atoms with Gasteiger partial charge in [0.05, 0.1) is 0 Å². The van der Waals surface area contributed by atoms with Gasteiger partial charge < -0.3 is 5.73 Å². The van der Waals surface area contributed by atoms with E-state index in [0.29, 0.717) is 18.9 Å². The molecule has 0 aliphatic heterocycles. The number of fused-ring (bicyclic) bond motifs is 1. The molecule has 1 atom stereocenters. The van der Waals surface area contributed by atoms with E-state index >= 15 is 0 Å². The lowest BCUT2D eigenvalue weighted by molar-refractivity contribution is 0.0969. The van der Waals surface area contributed by atoms with E-state index in [4.69, 9.17) is 5.73 Å². The minimum Gasteiger partial charge on any atom is -0.330 e. The van der Waals surface area contributed by atoms with E-state index in [1.165, 1.54) is 11.1 Å². The molecule has 0 spiro atoms. The molecule has 0 fully saturated rings. The third-order valence-electron chi connectivity index (χ3n) is 4.12. The summed E-state index contributed by atoms with van der Waals surface area (Å²) in [5.74, 6) is 0.637. The summed E-state index contributed by atoms with van der Waals surface area (Å²) in [4.78, 5) is 12.5. The first-order chi connectivity index (χ1) is 9.79. The molecule has 0 aromatic heterocycles. The monoisotopic (exact) mass is 265 g/mol. The van der Waals surface area contributed by atoms with Gasteiger partial charge in [-0.1, -0.05) is 48.5 Å². The van der Waals surface area contributed by atoms with Gasteiger partial charge in [-0.25, -0.2) is 0 Å². The Balaban J connectivity index is 1.75. The first-order valence-electron chi connectivity index (χ1n) is 7.18. The average Bonchev–Trinajstić information content (AvgIpc) is 2.45. The van der Waals surface area contributed by atoms with Crippen LogP contribution in [0.4, 0.5) is 0 Å². The summed E-state index contributed by atoms with van der Waals surface area (Å²) in [6, 6.07) is 16.3. The number of ketones is 1. The highest BCUT2D eigenvalue weighted by atomic mass is 16.1. The molecule has 20 heavy (non-hydrogen) atoms. The largest absolute Gasteiger partial charge is 0.330 e. The molecule has 1 aliphatic carbocycles. The maximum absolute atomic E-state index is 12.5. The standard InChI is InChI=1S/C18H19NO/c19-10-9-13-5-1-4-8-17(13)18(20)12-15-11-14-6-2-3-7-16(14)15/h1-8,15H,9-12,19H2. The summed E-state index contributed by atoms with van der Waals surface area (Å²) in [6.45, 7) is 0.580. The van der Waals surface area contributed by atoms with E-state index in [-0.39, 0.29) is 5.78 Å². The van der Waals surface area contributed by atoms with Crippen molar-refractivity contribution < 1.29 is 4.79 Å². The average molecular weight is 265 g/mol. The van der Waals surface area contributed by atoms with Gasteiger partial charge >= 0.3 is 0 Å². The molecule has 2 aromatic rings. The topological polar surface area (TPSA) is 43.1 Å². The van der Waals surface area contributed by atoms with Crippen LogP contribution in [0.5, 0.6) is 0 Å². The van der Waals surface area contributed by atoms with Gasteiger partial charge in [0.2, 0.25) is 0 Å². The molecule has 0 heterocycles. The van der Waals surface area contributed by atoms with Crippen molar-refractivity contribution in [3.8, 4) is 0 Å². The van der Waals surface area contributed by atoms with E-state index in [2.05, 4.69) is 24.3 Å². The number of rotatable bonds is 5. The predicted molar refractivity (Wildman–Crippen MR) is 81.0 cm³/mol. The molecule has 2 nitrogen and oxygen atoms in total. The molecule has 3 rings (SSSR count). The highest BCUT2D eigenvalue weighted by Gasteiger charge is 2.28. The first-order valence-corrected chi connectivity index (χ1v) is 7.18. The van der Waals surface area contributed by atoms with Crippen molar-refractivity contribution in [2.45, 2.75) is 25.2 Å². The van der Waals surface area contributed by atoms with Gasteiger partial charge in [-0.2, -0.15) is 0 Å². The van der Waals surface area contributed by atoms with Crippen molar-refractivity contribution in [1.29, 1.82) is 0 Å². The fourth-order valence-corrected chi connectivity index (χ4v) is 3.04. The van der Waals surface area contributed by atoms with Gasteiger partial charge in [0.25, 0.3) is 0 Å². The van der Waals surface area contributed by atoms with Gasteiger partial charge in [-0.05, 0) is 42.0 Å². The zero-order valence-electron chi connectivity index (χ0n) is 11.5. The van der Waals surface area contributed by atoms with Crippen LogP contribution in [-0.4, -0.2) is 12.3 Å². The second kappa shape index (κ2) is 5.59. The highest BCUT2D eigenvalue weighted by molar-refractivity contribution is 5.98. The SMILES string of the molecule is NCCc1ccccc1C(=O)CC1Cc2ccccc21. The van der Waals surface area contributed by atoms with Gasteiger partial charge in [0.15, 0.2) is 5.78 Å². The number of nitrogens with two attached hydrogens (primary N) is 1. The minimum absolute atomic E-state index is 0.244. The predicted octanol–water partition coefficient (Wildman–Crippen LogP) is 3.10. The minimum atomic E-state index is 0.244. The molecule has 0 saturated heterocycles. The molecule has 1 unspecified atom stereocenters. The molecule has 0 amide bonds. The zero-order valence-corrected chi connectivity index (χ0v) is 11.5. The third-order valence-corrected chi connectivity index (χ3v) is 4.12. The quantitative estimate of drug-likeness (QED) is 0.844. The molecule has 2 aromatic carbocycles. The summed E-state index contributed by atoms with van der Waals surface area (Å²) in [6.07, 6.45) is 2.41. The first kappa shape index (κ1) is 13.1. The summed E-state index contributed by atoms with van der Waals surface area (Å²) >= 11 is 0. The number of carbonyl (C=O) groups is 1. The highest BCUT2D eigenvalue weighted by Crippen LogP contribution is 2.38. The summed E-state index contributed by atoms with van der Waals surface area (Å²) in [5, 5.41) is 0. The lowest BCUT2D eigenvalue weighted by Crippen LogP contribution is -2.21. The maximum Gasteiger partial charge on any atom is 0.163 e. The van der Waals surface area contributed by atoms with E-state index in [9.17, 15) is 4.79 Å². The summed E-state index contributed by atoms with van der Waals surface area (Å²) < 4.78 is 0. The Labute approximate surface area is 119 Å². The number of hydrogen-bond acceptors (Lipinski definition) is 2. The normalized spacial score (nSPS) is 16.4. The molecule has 0 saturated carbocycles. The zero-order chi connectivity index (χ0) is 13.9. The van der Waals surface area contributed by atoms with Gasteiger partial charge in [-0.15, -0.1) is 0 Å². The van der Waals surface area contributed by atoms with Gasteiger partial charge in [0.1, 0.15) is 0 Å². The van der Waals surface area contributed by atoms with Crippen LogP contribution in [0.2, 0.25) is 0 Å². The van der Waals surface area contributed by atoms with E-state index < -0.39 is 0 Å². The Morgan fingerprint density at radius 1 is 1.10 bits per heavy atom. The van der Waals surface area contributed by atoms with Crippen molar-refractivity contribution in [3.63, 3.8) is 0 Å². The maximum atomic E-state index is 12.5. The van der Waals surface area contributed by atoms with Crippen LogP contribution < -0.4 is 5.73 Å². The number of benzene rings is 2. The van der Waals surface area contributed by atoms with Crippen LogP contribution >= 0.6 is 0 Å². The van der Waals surface area contributed by atoms with Crippen LogP contribution in [0.3, 0.4) is 0 Å². The molecular weight excluding hydrogens is 246 g/mol. The van der Waals surface area contributed by atoms with Crippen molar-refractivity contribution in [2.75, 3.05) is 6.54 Å². The van der Waals surface area contributed by atoms with Crippen molar-refractivity contribution in [2.24, 2.45) is 5.73 Å². The van der Waals surface area contributed by atoms with Crippen LogP contribution in [0.15, 0.2) is 48.5 Å². The molecular formula is C18H19NO. The lowest BCUT2D eigenvalue weighted by atomic mass is 9.74. The Morgan fingerprint density at radius 3 is 2.65 bits per heavy atom. The van der Waals surface area contributed by atoms with Crippen LogP contribution in [0.25, 0.3) is 0 Å². The molecule has 0 bridgehead atoms. The Hall–Kier alpha value is -1.93. The van der Waals surface area contributed by atoms with E-state index in [1.54, 1.807) is 0 Å². The summed E-state index contributed by atoms with van der Waals surface area (Å²) in [5.41, 5.74) is 10.3.